The van der Waals surface area contributed by atoms with E-state index < -0.39 is 0 Å². The second-order valence-electron chi connectivity index (χ2n) is 10.3. The van der Waals surface area contributed by atoms with Crippen molar-refractivity contribution >= 4 is 11.4 Å². The Morgan fingerprint density at radius 1 is 0.806 bits per heavy atom. The highest BCUT2D eigenvalue weighted by molar-refractivity contribution is 5.87. The van der Waals surface area contributed by atoms with Crippen LogP contribution in [0.3, 0.4) is 0 Å². The SMILES string of the molecule is c1cc2c(cc1-c1cnc(C3CCCN3)[nH]1)N1CCc3cc(-c4cnc(C5CCCN5)[nH]4)cc(c31)O2. The molecule has 2 aromatic heterocycles. The van der Waals surface area contributed by atoms with Crippen molar-refractivity contribution in [3.05, 3.63) is 59.9 Å². The van der Waals surface area contributed by atoms with Crippen LogP contribution in [0.25, 0.3) is 22.5 Å². The van der Waals surface area contributed by atoms with Crippen LogP contribution in [-0.2, 0) is 6.42 Å². The largest absolute Gasteiger partial charge is 0.453 e. The first-order valence-electron chi connectivity index (χ1n) is 13.1. The van der Waals surface area contributed by atoms with Gasteiger partial charge in [-0.3, -0.25) is 0 Å². The monoisotopic (exact) mass is 479 g/mol. The van der Waals surface area contributed by atoms with Gasteiger partial charge >= 0.3 is 0 Å². The van der Waals surface area contributed by atoms with E-state index in [0.717, 1.165) is 90.2 Å². The molecule has 8 rings (SSSR count). The van der Waals surface area contributed by atoms with Crippen LogP contribution in [0.4, 0.5) is 11.4 Å². The van der Waals surface area contributed by atoms with Crippen molar-refractivity contribution in [1.82, 2.24) is 30.6 Å². The van der Waals surface area contributed by atoms with Crippen LogP contribution >= 0.6 is 0 Å². The maximum atomic E-state index is 6.49. The number of hydrogen-bond acceptors (Lipinski definition) is 6. The van der Waals surface area contributed by atoms with Gasteiger partial charge in [-0.05, 0) is 81.1 Å². The molecule has 2 atom stereocenters. The number of nitrogens with zero attached hydrogens (tertiary/aromatic N) is 3. The molecule has 4 aliphatic rings. The minimum atomic E-state index is 0.333. The molecule has 36 heavy (non-hydrogen) atoms. The molecule has 2 unspecified atom stereocenters. The Kier molecular flexibility index (Phi) is 4.54. The van der Waals surface area contributed by atoms with E-state index in [0.29, 0.717) is 12.1 Å². The third-order valence-corrected chi connectivity index (χ3v) is 8.09. The molecule has 182 valence electrons. The second-order valence-corrected chi connectivity index (χ2v) is 10.3. The molecule has 0 amide bonds. The lowest BCUT2D eigenvalue weighted by Crippen LogP contribution is -2.18. The molecule has 0 saturated carbocycles. The number of imidazole rings is 2. The number of nitrogens with one attached hydrogen (secondary N) is 4. The summed E-state index contributed by atoms with van der Waals surface area (Å²) in [5.74, 6) is 3.88. The summed E-state index contributed by atoms with van der Waals surface area (Å²) in [4.78, 5) is 18.8. The summed E-state index contributed by atoms with van der Waals surface area (Å²) in [6.45, 7) is 3.08. The first kappa shape index (κ1) is 20.6. The Labute approximate surface area is 209 Å². The van der Waals surface area contributed by atoms with Gasteiger partial charge in [0, 0.05) is 17.7 Å². The van der Waals surface area contributed by atoms with Crippen molar-refractivity contribution in [3.63, 3.8) is 0 Å². The third-order valence-electron chi connectivity index (χ3n) is 8.09. The number of benzene rings is 2. The first-order chi connectivity index (χ1) is 17.8. The van der Waals surface area contributed by atoms with Gasteiger partial charge in [0.2, 0.25) is 0 Å². The van der Waals surface area contributed by atoms with E-state index >= 15 is 0 Å². The van der Waals surface area contributed by atoms with Gasteiger partial charge in [0.05, 0.1) is 47.2 Å². The molecule has 4 N–H and O–H groups in total. The topological polar surface area (TPSA) is 93.9 Å². The molecule has 0 radical (unpaired) electrons. The highest BCUT2D eigenvalue weighted by atomic mass is 16.5. The summed E-state index contributed by atoms with van der Waals surface area (Å²) >= 11 is 0. The van der Waals surface area contributed by atoms with Crippen LogP contribution in [0, 0.1) is 0 Å². The van der Waals surface area contributed by atoms with Crippen molar-refractivity contribution in [2.45, 2.75) is 44.2 Å². The Morgan fingerprint density at radius 3 is 2.22 bits per heavy atom. The molecule has 2 fully saturated rings. The molecule has 0 spiro atoms. The lowest BCUT2D eigenvalue weighted by molar-refractivity contribution is 0.476. The second kappa shape index (κ2) is 7.94. The number of ether oxygens (including phenoxy) is 1. The molecular weight excluding hydrogens is 450 g/mol. The number of H-pyrrole nitrogens is 2. The first-order valence-corrected chi connectivity index (χ1v) is 13.1. The molecule has 2 aromatic carbocycles. The summed E-state index contributed by atoms with van der Waals surface area (Å²) in [6.07, 6.45) is 9.59. The Hall–Kier alpha value is -3.62. The summed E-state index contributed by atoms with van der Waals surface area (Å²) < 4.78 is 6.49. The fourth-order valence-corrected chi connectivity index (χ4v) is 6.24. The molecule has 0 aliphatic carbocycles. The van der Waals surface area contributed by atoms with E-state index in [9.17, 15) is 0 Å². The average molecular weight is 480 g/mol. The van der Waals surface area contributed by atoms with Crippen LogP contribution < -0.4 is 20.3 Å². The van der Waals surface area contributed by atoms with Gasteiger partial charge in [-0.1, -0.05) is 0 Å². The number of hydrogen-bond donors (Lipinski definition) is 4. The van der Waals surface area contributed by atoms with Gasteiger partial charge in [0.15, 0.2) is 11.5 Å². The predicted molar refractivity (Wildman–Crippen MR) is 139 cm³/mol. The van der Waals surface area contributed by atoms with E-state index in [2.05, 4.69) is 65.8 Å². The zero-order valence-electron chi connectivity index (χ0n) is 20.1. The Morgan fingerprint density at radius 2 is 1.53 bits per heavy atom. The molecule has 4 aromatic rings. The summed E-state index contributed by atoms with van der Waals surface area (Å²) in [5, 5.41) is 7.05. The molecule has 6 heterocycles. The fraction of sp³-hybridized carbons (Fsp3) is 0.357. The number of fused-ring (bicyclic) bond motifs is 2. The minimum Gasteiger partial charge on any atom is -0.453 e. The van der Waals surface area contributed by atoms with Crippen molar-refractivity contribution < 1.29 is 4.74 Å². The van der Waals surface area contributed by atoms with Crippen molar-refractivity contribution in [1.29, 1.82) is 0 Å². The van der Waals surface area contributed by atoms with Crippen LogP contribution in [0.15, 0.2) is 42.7 Å². The van der Waals surface area contributed by atoms with Gasteiger partial charge in [-0.2, -0.15) is 0 Å². The maximum absolute atomic E-state index is 6.49. The van der Waals surface area contributed by atoms with Crippen LogP contribution in [0.5, 0.6) is 11.5 Å². The zero-order valence-corrected chi connectivity index (χ0v) is 20.1. The van der Waals surface area contributed by atoms with Crippen LogP contribution in [-0.4, -0.2) is 39.6 Å². The van der Waals surface area contributed by atoms with Crippen LogP contribution in [0.1, 0.15) is 55.0 Å². The van der Waals surface area contributed by atoms with Gasteiger partial charge < -0.3 is 30.2 Å². The van der Waals surface area contributed by atoms with Crippen molar-refractivity contribution in [3.8, 4) is 34.0 Å². The quantitative estimate of drug-likeness (QED) is 0.325. The number of aromatic nitrogens is 4. The minimum absolute atomic E-state index is 0.333. The lowest BCUT2D eigenvalue weighted by Gasteiger charge is -2.30. The van der Waals surface area contributed by atoms with Gasteiger partial charge in [-0.25, -0.2) is 9.97 Å². The number of aromatic amines is 2. The zero-order chi connectivity index (χ0) is 23.6. The van der Waals surface area contributed by atoms with Crippen LogP contribution in [0.2, 0.25) is 0 Å². The fourth-order valence-electron chi connectivity index (χ4n) is 6.24. The van der Waals surface area contributed by atoms with E-state index in [1.54, 1.807) is 0 Å². The van der Waals surface area contributed by atoms with Crippen molar-refractivity contribution in [2.24, 2.45) is 0 Å². The smallest absolute Gasteiger partial charge is 0.152 e. The number of anilines is 2. The van der Waals surface area contributed by atoms with E-state index in [1.165, 1.54) is 24.1 Å². The van der Waals surface area contributed by atoms with Gasteiger partial charge in [0.25, 0.3) is 0 Å². The standard InChI is InChI=1S/C28H29N7O/c1-3-19(29-8-1)27-31-14-21(33-27)16-5-6-24-23(12-16)35-10-7-17-11-18(13-25(36-24)26(17)35)22-15-32-28(34-22)20-4-2-9-30-20/h5-6,11-15,19-20,29-30H,1-4,7-10H2,(H,31,33)(H,32,34). The predicted octanol–water partition coefficient (Wildman–Crippen LogP) is 5.12. The molecule has 8 nitrogen and oxygen atoms in total. The summed E-state index contributed by atoms with van der Waals surface area (Å²) in [6, 6.07) is 11.6. The maximum Gasteiger partial charge on any atom is 0.152 e. The molecule has 4 aliphatic heterocycles. The van der Waals surface area contributed by atoms with Gasteiger partial charge in [-0.15, -0.1) is 0 Å². The van der Waals surface area contributed by atoms with E-state index in [1.807, 2.05) is 12.4 Å². The molecular formula is C28H29N7O. The summed E-state index contributed by atoms with van der Waals surface area (Å²) in [5.41, 5.74) is 8.01. The Balaban J connectivity index is 1.11. The lowest BCUT2D eigenvalue weighted by atomic mass is 10.0. The number of rotatable bonds is 4. The Bertz CT molecular complexity index is 1460. The molecule has 8 heteroatoms. The average Bonchev–Trinajstić information content (AvgIpc) is 3.74. The van der Waals surface area contributed by atoms with Gasteiger partial charge in [0.1, 0.15) is 11.6 Å². The highest BCUT2D eigenvalue weighted by Gasteiger charge is 2.33. The van der Waals surface area contributed by atoms with E-state index in [-0.39, 0.29) is 0 Å². The van der Waals surface area contributed by atoms with Crippen molar-refractivity contribution in [2.75, 3.05) is 24.5 Å². The normalized spacial score (nSPS) is 22.1. The highest BCUT2D eigenvalue weighted by Crippen LogP contribution is 2.53. The molecule has 2 saturated heterocycles. The third kappa shape index (κ3) is 3.21. The summed E-state index contributed by atoms with van der Waals surface area (Å²) in [7, 11) is 0. The molecule has 0 bridgehead atoms. The van der Waals surface area contributed by atoms with E-state index in [4.69, 9.17) is 4.74 Å².